The lowest BCUT2D eigenvalue weighted by Crippen LogP contribution is -2.36. The van der Waals surface area contributed by atoms with Crippen molar-refractivity contribution in [1.29, 1.82) is 0 Å². The monoisotopic (exact) mass is 396 g/mol. The zero-order valence-electron chi connectivity index (χ0n) is 17.2. The predicted molar refractivity (Wildman–Crippen MR) is 116 cm³/mol. The highest BCUT2D eigenvalue weighted by atomic mass is 19.1. The summed E-state index contributed by atoms with van der Waals surface area (Å²) in [6.45, 7) is 5.12. The van der Waals surface area contributed by atoms with Gasteiger partial charge in [0.05, 0.1) is 17.7 Å². The number of likely N-dealkylation sites (N-methyl/N-ethyl adjacent to an activating group) is 1. The van der Waals surface area contributed by atoms with Crippen LogP contribution in [0.3, 0.4) is 0 Å². The van der Waals surface area contributed by atoms with Crippen molar-refractivity contribution in [2.75, 3.05) is 43.2 Å². The van der Waals surface area contributed by atoms with Gasteiger partial charge < -0.3 is 19.9 Å². The molecule has 0 unspecified atom stereocenters. The van der Waals surface area contributed by atoms with Crippen LogP contribution >= 0.6 is 0 Å². The lowest BCUT2D eigenvalue weighted by molar-refractivity contribution is 0.309. The van der Waals surface area contributed by atoms with Gasteiger partial charge in [0.15, 0.2) is 0 Å². The summed E-state index contributed by atoms with van der Waals surface area (Å²) in [7, 11) is 1.98. The fourth-order valence-corrected chi connectivity index (χ4v) is 3.86. The Bertz CT molecular complexity index is 977. The average Bonchev–Trinajstić information content (AvgIpc) is 3.23. The standard InChI is InChI=1S/C23H29FN4O/c1-3-4-11-29-20-7-5-17-14-28(16-26-22(17)13-20)23-8-6-19(12-21(23)24)27-10-9-18(15-27)25-2/h5-8,12-14,18,25H,3-4,9-11,15-16H2,1-2H3/t18-/m1/s1. The van der Waals surface area contributed by atoms with E-state index in [0.29, 0.717) is 18.4 Å². The Morgan fingerprint density at radius 1 is 1.24 bits per heavy atom. The van der Waals surface area contributed by atoms with Gasteiger partial charge >= 0.3 is 0 Å². The van der Waals surface area contributed by atoms with Crippen LogP contribution in [-0.2, 0) is 0 Å². The number of nitrogens with zero attached hydrogens (tertiary/aromatic N) is 3. The molecule has 0 bridgehead atoms. The van der Waals surface area contributed by atoms with Crippen molar-refractivity contribution in [2.24, 2.45) is 4.99 Å². The Morgan fingerprint density at radius 2 is 2.14 bits per heavy atom. The normalized spacial score (nSPS) is 18.2. The Hall–Kier alpha value is -2.60. The van der Waals surface area contributed by atoms with E-state index in [0.717, 1.165) is 61.0 Å². The molecule has 0 aliphatic carbocycles. The van der Waals surface area contributed by atoms with Crippen LogP contribution in [-0.4, -0.2) is 39.5 Å². The molecule has 2 aliphatic rings. The number of halogens is 1. The number of hydrogen-bond donors (Lipinski definition) is 1. The molecule has 0 saturated carbocycles. The number of unbranched alkanes of at least 4 members (excludes halogenated alkanes) is 1. The number of anilines is 2. The molecule has 1 atom stereocenters. The summed E-state index contributed by atoms with van der Waals surface area (Å²) in [5.74, 6) is 0.619. The van der Waals surface area contributed by atoms with Crippen LogP contribution in [0.25, 0.3) is 6.20 Å². The Kier molecular flexibility index (Phi) is 6.00. The minimum absolute atomic E-state index is 0.218. The highest BCUT2D eigenvalue weighted by Gasteiger charge is 2.22. The van der Waals surface area contributed by atoms with Crippen molar-refractivity contribution >= 4 is 17.6 Å². The van der Waals surface area contributed by atoms with Gasteiger partial charge in [0, 0.05) is 42.3 Å². The van der Waals surface area contributed by atoms with Crippen LogP contribution in [0.2, 0.25) is 0 Å². The van der Waals surface area contributed by atoms with Gasteiger partial charge in [-0.3, -0.25) is 4.99 Å². The molecule has 0 radical (unpaired) electrons. The van der Waals surface area contributed by atoms with E-state index in [1.54, 1.807) is 6.07 Å². The molecule has 0 spiro atoms. The fourth-order valence-electron chi connectivity index (χ4n) is 3.86. The Balaban J connectivity index is 1.51. The fraction of sp³-hybridized carbons (Fsp3) is 0.435. The number of nitrogens with one attached hydrogen (secondary N) is 1. The van der Waals surface area contributed by atoms with Crippen molar-refractivity contribution in [3.8, 4) is 5.75 Å². The third kappa shape index (κ3) is 4.37. The van der Waals surface area contributed by atoms with Crippen LogP contribution in [0.15, 0.2) is 41.4 Å². The maximum Gasteiger partial charge on any atom is 0.148 e. The summed E-state index contributed by atoms with van der Waals surface area (Å²) in [4.78, 5) is 8.72. The molecule has 6 heteroatoms. The quantitative estimate of drug-likeness (QED) is 0.731. The molecule has 1 saturated heterocycles. The second-order valence-corrected chi connectivity index (χ2v) is 7.68. The molecule has 4 rings (SSSR count). The van der Waals surface area contributed by atoms with E-state index in [1.165, 1.54) is 0 Å². The maximum absolute atomic E-state index is 14.9. The number of rotatable bonds is 7. The van der Waals surface area contributed by atoms with E-state index in [1.807, 2.05) is 48.5 Å². The topological polar surface area (TPSA) is 40.1 Å². The molecule has 2 heterocycles. The van der Waals surface area contributed by atoms with E-state index in [4.69, 9.17) is 4.74 Å². The van der Waals surface area contributed by atoms with E-state index in [-0.39, 0.29) is 5.82 Å². The number of fused-ring (bicyclic) bond motifs is 1. The van der Waals surface area contributed by atoms with Gasteiger partial charge in [-0.25, -0.2) is 4.39 Å². The van der Waals surface area contributed by atoms with E-state index >= 15 is 0 Å². The summed E-state index contributed by atoms with van der Waals surface area (Å²) in [5, 5.41) is 5.16. The zero-order valence-corrected chi connectivity index (χ0v) is 17.2. The Morgan fingerprint density at radius 3 is 2.90 bits per heavy atom. The van der Waals surface area contributed by atoms with Gasteiger partial charge in [-0.05, 0) is 50.2 Å². The predicted octanol–water partition coefficient (Wildman–Crippen LogP) is 2.64. The van der Waals surface area contributed by atoms with Crippen molar-refractivity contribution < 1.29 is 9.13 Å². The van der Waals surface area contributed by atoms with E-state index in [9.17, 15) is 4.39 Å². The highest BCUT2D eigenvalue weighted by Crippen LogP contribution is 2.27. The first-order valence-corrected chi connectivity index (χ1v) is 10.5. The van der Waals surface area contributed by atoms with Crippen molar-refractivity contribution in [1.82, 2.24) is 5.32 Å². The SMILES string of the molecule is CCCCOc1ccc2c(c1)=NCN(c1ccc(N3CC[C@@H](NC)C3)cc1F)C=2. The molecule has 2 aromatic rings. The molecular weight excluding hydrogens is 367 g/mol. The first-order chi connectivity index (χ1) is 14.2. The van der Waals surface area contributed by atoms with Crippen LogP contribution in [0.1, 0.15) is 26.2 Å². The van der Waals surface area contributed by atoms with Crippen molar-refractivity contribution in [2.45, 2.75) is 32.2 Å². The van der Waals surface area contributed by atoms with Gasteiger partial charge in [-0.15, -0.1) is 0 Å². The van der Waals surface area contributed by atoms with Gasteiger partial charge in [0.1, 0.15) is 18.2 Å². The summed E-state index contributed by atoms with van der Waals surface area (Å²) in [6.07, 6.45) is 5.19. The van der Waals surface area contributed by atoms with Gasteiger partial charge in [0.2, 0.25) is 0 Å². The molecule has 154 valence electrons. The van der Waals surface area contributed by atoms with Crippen molar-refractivity contribution in [3.05, 3.63) is 52.8 Å². The largest absolute Gasteiger partial charge is 0.494 e. The van der Waals surface area contributed by atoms with Gasteiger partial charge in [-0.2, -0.15) is 0 Å². The minimum atomic E-state index is -0.218. The second-order valence-electron chi connectivity index (χ2n) is 7.68. The molecule has 5 nitrogen and oxygen atoms in total. The van der Waals surface area contributed by atoms with E-state index < -0.39 is 0 Å². The molecular formula is C23H29FN4O. The molecule has 1 N–H and O–H groups in total. The number of ether oxygens (including phenoxy) is 1. The summed E-state index contributed by atoms with van der Waals surface area (Å²) < 4.78 is 20.7. The molecule has 2 aromatic carbocycles. The van der Waals surface area contributed by atoms with E-state index in [2.05, 4.69) is 22.1 Å². The van der Waals surface area contributed by atoms with Crippen LogP contribution in [0.5, 0.6) is 5.75 Å². The average molecular weight is 397 g/mol. The van der Waals surface area contributed by atoms with Crippen LogP contribution in [0.4, 0.5) is 15.8 Å². The van der Waals surface area contributed by atoms with Crippen LogP contribution < -0.4 is 30.4 Å². The zero-order chi connectivity index (χ0) is 20.2. The third-order valence-electron chi connectivity index (χ3n) is 5.66. The molecule has 0 aromatic heterocycles. The first-order valence-electron chi connectivity index (χ1n) is 10.5. The summed E-state index contributed by atoms with van der Waals surface area (Å²) in [6, 6.07) is 11.9. The third-order valence-corrected chi connectivity index (χ3v) is 5.66. The molecule has 0 amide bonds. The molecule has 2 aliphatic heterocycles. The van der Waals surface area contributed by atoms with Crippen molar-refractivity contribution in [3.63, 3.8) is 0 Å². The molecule has 1 fully saturated rings. The smallest absolute Gasteiger partial charge is 0.148 e. The highest BCUT2D eigenvalue weighted by molar-refractivity contribution is 5.64. The van der Waals surface area contributed by atoms with Crippen LogP contribution in [0, 0.1) is 5.82 Å². The minimum Gasteiger partial charge on any atom is -0.494 e. The Labute approximate surface area is 171 Å². The number of benzene rings is 2. The van der Waals surface area contributed by atoms with Gasteiger partial charge in [-0.1, -0.05) is 13.3 Å². The van der Waals surface area contributed by atoms with Gasteiger partial charge in [0.25, 0.3) is 0 Å². The number of hydrogen-bond acceptors (Lipinski definition) is 5. The maximum atomic E-state index is 14.9. The lowest BCUT2D eigenvalue weighted by Gasteiger charge is -2.24. The first kappa shape index (κ1) is 19.7. The summed E-state index contributed by atoms with van der Waals surface area (Å²) >= 11 is 0. The second kappa shape index (κ2) is 8.82. The molecule has 29 heavy (non-hydrogen) atoms. The lowest BCUT2D eigenvalue weighted by atomic mass is 10.2. The summed E-state index contributed by atoms with van der Waals surface area (Å²) in [5.41, 5.74) is 1.49.